The van der Waals surface area contributed by atoms with E-state index in [1.165, 1.54) is 0 Å². The van der Waals surface area contributed by atoms with Crippen LogP contribution in [0.25, 0.3) is 0 Å². The van der Waals surface area contributed by atoms with Gasteiger partial charge in [0.15, 0.2) is 5.92 Å². The number of morpholine rings is 1. The van der Waals surface area contributed by atoms with E-state index >= 15 is 0 Å². The van der Waals surface area contributed by atoms with Crippen molar-refractivity contribution in [1.29, 1.82) is 5.26 Å². The van der Waals surface area contributed by atoms with Crippen LogP contribution < -0.4 is 0 Å². The van der Waals surface area contributed by atoms with Crippen LogP contribution in [0.4, 0.5) is 0 Å². The maximum Gasteiger partial charge on any atom is 0.324 e. The van der Waals surface area contributed by atoms with Gasteiger partial charge in [-0.1, -0.05) is 30.3 Å². The first-order chi connectivity index (χ1) is 11.8. The largest absolute Gasteiger partial charge is 0.465 e. The number of nitriles is 1. The van der Waals surface area contributed by atoms with Crippen LogP contribution in [-0.2, 0) is 14.3 Å². The van der Waals surface area contributed by atoms with Crippen molar-refractivity contribution in [3.8, 4) is 6.07 Å². The molecule has 0 saturated carbocycles. The number of carbonyl (C=O) groups excluding carboxylic acids is 1. The molecule has 5 nitrogen and oxygen atoms in total. The van der Waals surface area contributed by atoms with E-state index < -0.39 is 11.9 Å². The number of thioether (sulfide) groups is 1. The van der Waals surface area contributed by atoms with Gasteiger partial charge in [0.25, 0.3) is 0 Å². The molecule has 2 atom stereocenters. The molecule has 1 aromatic carbocycles. The van der Waals surface area contributed by atoms with Gasteiger partial charge < -0.3 is 9.47 Å². The Hall–Kier alpha value is -1.55. The van der Waals surface area contributed by atoms with Crippen molar-refractivity contribution in [2.75, 3.05) is 45.2 Å². The molecule has 130 valence electrons. The van der Waals surface area contributed by atoms with Crippen LogP contribution in [0.3, 0.4) is 0 Å². The minimum Gasteiger partial charge on any atom is -0.465 e. The monoisotopic (exact) mass is 348 g/mol. The third-order valence-corrected chi connectivity index (χ3v) is 5.24. The number of benzene rings is 1. The van der Waals surface area contributed by atoms with Crippen molar-refractivity contribution >= 4 is 17.7 Å². The molecule has 2 unspecified atom stereocenters. The van der Waals surface area contributed by atoms with E-state index in [4.69, 9.17) is 9.47 Å². The first kappa shape index (κ1) is 18.8. The Labute approximate surface area is 147 Å². The normalized spacial score (nSPS) is 17.7. The average molecular weight is 348 g/mol. The molecule has 6 heteroatoms. The van der Waals surface area contributed by atoms with Gasteiger partial charge in [-0.25, -0.2) is 0 Å². The minimum atomic E-state index is -0.790. The van der Waals surface area contributed by atoms with Crippen LogP contribution in [0.5, 0.6) is 0 Å². The summed E-state index contributed by atoms with van der Waals surface area (Å²) in [5.74, 6) is -0.369. The molecule has 1 fully saturated rings. The fraction of sp³-hybridized carbons (Fsp3) is 0.556. The minimum absolute atomic E-state index is 0.212. The zero-order valence-electron chi connectivity index (χ0n) is 14.0. The molecule has 1 heterocycles. The molecule has 24 heavy (non-hydrogen) atoms. The van der Waals surface area contributed by atoms with Crippen LogP contribution in [0.2, 0.25) is 0 Å². The Balaban J connectivity index is 2.02. The Morgan fingerprint density at radius 2 is 2.08 bits per heavy atom. The maximum atomic E-state index is 12.2. The molecule has 0 radical (unpaired) electrons. The highest BCUT2D eigenvalue weighted by Crippen LogP contribution is 2.36. The molecule has 0 amide bonds. The van der Waals surface area contributed by atoms with Crippen molar-refractivity contribution < 1.29 is 14.3 Å². The Morgan fingerprint density at radius 3 is 2.71 bits per heavy atom. The van der Waals surface area contributed by atoms with Crippen molar-refractivity contribution in [1.82, 2.24) is 4.90 Å². The molecule has 1 saturated heterocycles. The number of hydrogen-bond acceptors (Lipinski definition) is 6. The molecule has 1 aromatic rings. The summed E-state index contributed by atoms with van der Waals surface area (Å²) in [5.41, 5.74) is 0.990. The quantitative estimate of drug-likeness (QED) is 0.673. The number of esters is 1. The zero-order valence-corrected chi connectivity index (χ0v) is 14.8. The number of ether oxygens (including phenoxy) is 2. The van der Waals surface area contributed by atoms with Gasteiger partial charge in [0.05, 0.1) is 31.1 Å². The molecule has 0 aliphatic carbocycles. The van der Waals surface area contributed by atoms with Gasteiger partial charge in [0.1, 0.15) is 0 Å². The van der Waals surface area contributed by atoms with E-state index in [9.17, 15) is 10.1 Å². The van der Waals surface area contributed by atoms with E-state index in [2.05, 4.69) is 11.0 Å². The molecule has 1 aliphatic rings. The Morgan fingerprint density at radius 1 is 1.38 bits per heavy atom. The number of rotatable bonds is 8. The Kier molecular flexibility index (Phi) is 8.10. The second-order valence-electron chi connectivity index (χ2n) is 5.51. The highest BCUT2D eigenvalue weighted by atomic mass is 32.2. The topological polar surface area (TPSA) is 62.6 Å². The summed E-state index contributed by atoms with van der Waals surface area (Å²) in [4.78, 5) is 14.5. The van der Waals surface area contributed by atoms with Crippen LogP contribution in [0, 0.1) is 17.2 Å². The SMILES string of the molecule is CCOC(=O)C(C#N)C(SCCN1CCOCC1)c1ccccc1. The van der Waals surface area contributed by atoms with Crippen molar-refractivity contribution in [3.05, 3.63) is 35.9 Å². The average Bonchev–Trinajstić information content (AvgIpc) is 2.63. The van der Waals surface area contributed by atoms with Crippen LogP contribution in [0.1, 0.15) is 17.7 Å². The van der Waals surface area contributed by atoms with Crippen LogP contribution in [-0.4, -0.2) is 56.1 Å². The number of hydrogen-bond donors (Lipinski definition) is 0. The summed E-state index contributed by atoms with van der Waals surface area (Å²) in [6.45, 7) is 6.41. The van der Waals surface area contributed by atoms with Crippen molar-refractivity contribution in [2.24, 2.45) is 5.92 Å². The Bertz CT molecular complexity index is 541. The van der Waals surface area contributed by atoms with Gasteiger partial charge in [-0.3, -0.25) is 9.69 Å². The maximum absolute atomic E-state index is 12.2. The van der Waals surface area contributed by atoms with Crippen LogP contribution >= 0.6 is 11.8 Å². The molecule has 0 bridgehead atoms. The van der Waals surface area contributed by atoms with E-state index in [0.29, 0.717) is 0 Å². The van der Waals surface area contributed by atoms with Gasteiger partial charge >= 0.3 is 5.97 Å². The first-order valence-electron chi connectivity index (χ1n) is 8.29. The van der Waals surface area contributed by atoms with E-state index in [-0.39, 0.29) is 11.9 Å². The fourth-order valence-corrected chi connectivity index (χ4v) is 3.97. The standard InChI is InChI=1S/C18H24N2O3S/c1-2-23-18(21)16(14-19)17(15-6-4-3-5-7-15)24-13-10-20-8-11-22-12-9-20/h3-7,16-17H,2,8-13H2,1H3. The van der Waals surface area contributed by atoms with Crippen molar-refractivity contribution in [3.63, 3.8) is 0 Å². The fourth-order valence-electron chi connectivity index (χ4n) is 2.64. The van der Waals surface area contributed by atoms with E-state index in [1.54, 1.807) is 18.7 Å². The third kappa shape index (κ3) is 5.52. The molecular weight excluding hydrogens is 324 g/mol. The van der Waals surface area contributed by atoms with Gasteiger partial charge in [-0.15, -0.1) is 0 Å². The third-order valence-electron chi connectivity index (χ3n) is 3.92. The first-order valence-corrected chi connectivity index (χ1v) is 9.34. The second kappa shape index (κ2) is 10.3. The van der Waals surface area contributed by atoms with Crippen molar-refractivity contribution in [2.45, 2.75) is 12.2 Å². The summed E-state index contributed by atoms with van der Waals surface area (Å²) < 4.78 is 10.4. The molecule has 2 rings (SSSR count). The summed E-state index contributed by atoms with van der Waals surface area (Å²) in [6, 6.07) is 11.9. The van der Waals surface area contributed by atoms with Gasteiger partial charge in [0, 0.05) is 25.4 Å². The lowest BCUT2D eigenvalue weighted by Gasteiger charge is -2.27. The van der Waals surface area contributed by atoms with Gasteiger partial charge in [-0.05, 0) is 12.5 Å². The summed E-state index contributed by atoms with van der Waals surface area (Å²) in [6.07, 6.45) is 0. The van der Waals surface area contributed by atoms with Crippen LogP contribution in [0.15, 0.2) is 30.3 Å². The lowest BCUT2D eigenvalue weighted by atomic mass is 10.00. The molecule has 0 spiro atoms. The molecular formula is C18H24N2O3S. The lowest BCUT2D eigenvalue weighted by Crippen LogP contribution is -2.37. The molecule has 0 N–H and O–H groups in total. The highest BCUT2D eigenvalue weighted by molar-refractivity contribution is 7.99. The molecule has 1 aliphatic heterocycles. The zero-order chi connectivity index (χ0) is 17.2. The van der Waals surface area contributed by atoms with E-state index in [0.717, 1.165) is 44.2 Å². The lowest BCUT2D eigenvalue weighted by molar-refractivity contribution is -0.146. The summed E-state index contributed by atoms with van der Waals surface area (Å²) >= 11 is 1.65. The predicted molar refractivity (Wildman–Crippen MR) is 94.6 cm³/mol. The smallest absolute Gasteiger partial charge is 0.324 e. The number of nitrogens with zero attached hydrogens (tertiary/aromatic N) is 2. The highest BCUT2D eigenvalue weighted by Gasteiger charge is 2.31. The van der Waals surface area contributed by atoms with Gasteiger partial charge in [0.2, 0.25) is 0 Å². The summed E-state index contributed by atoms with van der Waals surface area (Å²) in [5, 5.41) is 9.30. The van der Waals surface area contributed by atoms with E-state index in [1.807, 2.05) is 30.3 Å². The second-order valence-corrected chi connectivity index (χ2v) is 6.76. The predicted octanol–water partition coefficient (Wildman–Crippen LogP) is 2.50. The number of carbonyl (C=O) groups is 1. The van der Waals surface area contributed by atoms with Gasteiger partial charge in [-0.2, -0.15) is 17.0 Å². The summed E-state index contributed by atoms with van der Waals surface area (Å²) in [7, 11) is 0. The molecule has 0 aromatic heterocycles.